The van der Waals surface area contributed by atoms with E-state index in [0.717, 1.165) is 22.8 Å². The van der Waals surface area contributed by atoms with E-state index in [-0.39, 0.29) is 23.4 Å². The van der Waals surface area contributed by atoms with Crippen LogP contribution in [0.1, 0.15) is 29.0 Å². The van der Waals surface area contributed by atoms with Crippen molar-refractivity contribution in [3.8, 4) is 0 Å². The minimum Gasteiger partial charge on any atom is -0.325 e. The molecule has 1 amide bonds. The van der Waals surface area contributed by atoms with Gasteiger partial charge >= 0.3 is 0 Å². The van der Waals surface area contributed by atoms with Gasteiger partial charge in [-0.05, 0) is 55.0 Å². The first-order valence-electron chi connectivity index (χ1n) is 8.83. The predicted octanol–water partition coefficient (Wildman–Crippen LogP) is 2.86. The molecule has 0 radical (unpaired) electrons. The number of rotatable bonds is 5. The largest absolute Gasteiger partial charge is 0.325 e. The third-order valence-electron chi connectivity index (χ3n) is 5.01. The van der Waals surface area contributed by atoms with Crippen molar-refractivity contribution in [2.75, 3.05) is 32.5 Å². The molecule has 1 atom stereocenters. The van der Waals surface area contributed by atoms with Crippen LogP contribution in [0.5, 0.6) is 0 Å². The summed E-state index contributed by atoms with van der Waals surface area (Å²) in [5.41, 5.74) is 2.66. The van der Waals surface area contributed by atoms with Gasteiger partial charge in [0.05, 0.1) is 11.4 Å². The van der Waals surface area contributed by atoms with Gasteiger partial charge in [0.15, 0.2) is 0 Å². The topological polar surface area (TPSA) is 69.7 Å². The summed E-state index contributed by atoms with van der Waals surface area (Å²) in [6.45, 7) is 5.09. The van der Waals surface area contributed by atoms with Gasteiger partial charge in [-0.3, -0.25) is 9.69 Å². The summed E-state index contributed by atoms with van der Waals surface area (Å²) >= 11 is 1.77. The Bertz CT molecular complexity index is 951. The molecule has 1 aromatic carbocycles. The molecule has 27 heavy (non-hydrogen) atoms. The second-order valence-electron chi connectivity index (χ2n) is 7.01. The van der Waals surface area contributed by atoms with E-state index >= 15 is 0 Å². The summed E-state index contributed by atoms with van der Waals surface area (Å²) < 4.78 is 25.8. The minimum atomic E-state index is -3.54. The SMILES string of the molecule is Cc1ccc(S(=O)(=O)N(C)C)cc1NC(=O)CN1CCc2sccc2C1C. The Labute approximate surface area is 164 Å². The second-order valence-corrected chi connectivity index (χ2v) is 10.2. The highest BCUT2D eigenvalue weighted by molar-refractivity contribution is 7.89. The van der Waals surface area contributed by atoms with Gasteiger partial charge in [0.25, 0.3) is 0 Å². The molecule has 0 fully saturated rings. The minimum absolute atomic E-state index is 0.136. The Morgan fingerprint density at radius 2 is 2.07 bits per heavy atom. The van der Waals surface area contributed by atoms with E-state index in [1.54, 1.807) is 23.5 Å². The number of thiophene rings is 1. The summed E-state index contributed by atoms with van der Waals surface area (Å²) in [6.07, 6.45) is 0.959. The number of carbonyl (C=O) groups is 1. The van der Waals surface area contributed by atoms with Gasteiger partial charge in [0.2, 0.25) is 15.9 Å². The molecule has 1 unspecified atom stereocenters. The van der Waals surface area contributed by atoms with Crippen LogP contribution in [0.2, 0.25) is 0 Å². The Morgan fingerprint density at radius 3 is 2.78 bits per heavy atom. The lowest BCUT2D eigenvalue weighted by atomic mass is 10.0. The average molecular weight is 408 g/mol. The summed E-state index contributed by atoms with van der Waals surface area (Å²) in [4.78, 5) is 16.3. The van der Waals surface area contributed by atoms with Gasteiger partial charge in [-0.25, -0.2) is 12.7 Å². The van der Waals surface area contributed by atoms with E-state index in [2.05, 4.69) is 28.6 Å². The van der Waals surface area contributed by atoms with Crippen LogP contribution in [0.4, 0.5) is 5.69 Å². The van der Waals surface area contributed by atoms with E-state index in [1.807, 2.05) is 6.92 Å². The number of amides is 1. The first kappa shape index (κ1) is 20.0. The maximum Gasteiger partial charge on any atom is 0.242 e. The van der Waals surface area contributed by atoms with Crippen LogP contribution in [0.15, 0.2) is 34.5 Å². The lowest BCUT2D eigenvalue weighted by molar-refractivity contribution is -0.117. The Hall–Kier alpha value is -1.74. The number of hydrogen-bond donors (Lipinski definition) is 1. The molecule has 2 heterocycles. The number of anilines is 1. The Balaban J connectivity index is 1.73. The number of hydrogen-bond acceptors (Lipinski definition) is 5. The standard InChI is InChI=1S/C19H25N3O3S2/c1-13-5-6-15(27(24,25)21(3)4)11-17(13)20-19(23)12-22-9-7-18-16(14(22)2)8-10-26-18/h5-6,8,10-11,14H,7,9,12H2,1-4H3,(H,20,23). The van der Waals surface area contributed by atoms with Crippen molar-refractivity contribution in [1.82, 2.24) is 9.21 Å². The predicted molar refractivity (Wildman–Crippen MR) is 109 cm³/mol. The van der Waals surface area contributed by atoms with Crippen LogP contribution in [-0.2, 0) is 21.2 Å². The molecule has 2 aromatic rings. The highest BCUT2D eigenvalue weighted by atomic mass is 32.2. The third-order valence-corrected chi connectivity index (χ3v) is 7.82. The van der Waals surface area contributed by atoms with Crippen LogP contribution in [0, 0.1) is 6.92 Å². The molecule has 0 saturated carbocycles. The first-order chi connectivity index (χ1) is 12.7. The number of aryl methyl sites for hydroxylation is 1. The molecule has 3 rings (SSSR count). The number of sulfonamides is 1. The summed E-state index contributed by atoms with van der Waals surface area (Å²) in [7, 11) is -0.562. The molecule has 146 valence electrons. The zero-order valence-corrected chi connectivity index (χ0v) is 17.7. The lowest BCUT2D eigenvalue weighted by Crippen LogP contribution is -2.39. The van der Waals surface area contributed by atoms with Crippen molar-refractivity contribution in [3.63, 3.8) is 0 Å². The highest BCUT2D eigenvalue weighted by Gasteiger charge is 2.26. The van der Waals surface area contributed by atoms with Crippen molar-refractivity contribution in [2.24, 2.45) is 0 Å². The fourth-order valence-corrected chi connectivity index (χ4v) is 5.15. The number of fused-ring (bicyclic) bond motifs is 1. The van der Waals surface area contributed by atoms with Crippen molar-refractivity contribution >= 4 is 33.0 Å². The molecular formula is C19H25N3O3S2. The molecule has 1 aliphatic heterocycles. The lowest BCUT2D eigenvalue weighted by Gasteiger charge is -2.33. The van der Waals surface area contributed by atoms with Gasteiger partial charge in [0, 0.05) is 37.2 Å². The maximum absolute atomic E-state index is 12.6. The number of benzene rings is 1. The smallest absolute Gasteiger partial charge is 0.242 e. The fraction of sp³-hybridized carbons (Fsp3) is 0.421. The first-order valence-corrected chi connectivity index (χ1v) is 11.2. The average Bonchev–Trinajstić information content (AvgIpc) is 3.08. The van der Waals surface area contributed by atoms with Crippen molar-refractivity contribution in [1.29, 1.82) is 0 Å². The molecule has 0 spiro atoms. The molecule has 1 N–H and O–H groups in total. The van der Waals surface area contributed by atoms with Crippen molar-refractivity contribution in [3.05, 3.63) is 45.6 Å². The normalized spacial score (nSPS) is 17.7. The molecule has 6 nitrogen and oxygen atoms in total. The van der Waals surface area contributed by atoms with Gasteiger partial charge in [-0.2, -0.15) is 0 Å². The second kappa shape index (κ2) is 7.71. The maximum atomic E-state index is 12.6. The molecule has 0 aliphatic carbocycles. The summed E-state index contributed by atoms with van der Waals surface area (Å²) in [5.74, 6) is -0.136. The van der Waals surface area contributed by atoms with E-state index in [9.17, 15) is 13.2 Å². The monoisotopic (exact) mass is 407 g/mol. The zero-order chi connectivity index (χ0) is 19.8. The van der Waals surface area contributed by atoms with E-state index < -0.39 is 10.0 Å². The van der Waals surface area contributed by atoms with Crippen LogP contribution < -0.4 is 5.32 Å². The zero-order valence-electron chi connectivity index (χ0n) is 16.0. The van der Waals surface area contributed by atoms with E-state index in [4.69, 9.17) is 0 Å². The summed E-state index contributed by atoms with van der Waals surface area (Å²) in [5, 5.41) is 4.99. The van der Waals surface area contributed by atoms with Crippen molar-refractivity contribution < 1.29 is 13.2 Å². The molecule has 0 bridgehead atoms. The van der Waals surface area contributed by atoms with E-state index in [0.29, 0.717) is 5.69 Å². The van der Waals surface area contributed by atoms with Gasteiger partial charge in [-0.15, -0.1) is 11.3 Å². The quantitative estimate of drug-likeness (QED) is 0.827. The van der Waals surface area contributed by atoms with Gasteiger partial charge < -0.3 is 5.32 Å². The Morgan fingerprint density at radius 1 is 1.33 bits per heavy atom. The number of nitrogens with one attached hydrogen (secondary N) is 1. The van der Waals surface area contributed by atoms with Crippen LogP contribution in [0.3, 0.4) is 0 Å². The molecule has 1 aromatic heterocycles. The van der Waals surface area contributed by atoms with Gasteiger partial charge in [-0.1, -0.05) is 6.07 Å². The molecule has 8 heteroatoms. The summed E-state index contributed by atoms with van der Waals surface area (Å²) in [6, 6.07) is 7.14. The number of carbonyl (C=O) groups excluding carboxylic acids is 1. The fourth-order valence-electron chi connectivity index (χ4n) is 3.26. The van der Waals surface area contributed by atoms with Crippen LogP contribution in [-0.4, -0.2) is 50.7 Å². The Kier molecular flexibility index (Phi) is 5.71. The molecule has 1 aliphatic rings. The van der Waals surface area contributed by atoms with Gasteiger partial charge in [0.1, 0.15) is 0 Å². The highest BCUT2D eigenvalue weighted by Crippen LogP contribution is 2.32. The van der Waals surface area contributed by atoms with Crippen LogP contribution in [0.25, 0.3) is 0 Å². The number of nitrogens with zero attached hydrogens (tertiary/aromatic N) is 2. The van der Waals surface area contributed by atoms with Crippen LogP contribution >= 0.6 is 11.3 Å². The van der Waals surface area contributed by atoms with Crippen molar-refractivity contribution in [2.45, 2.75) is 31.2 Å². The molecular weight excluding hydrogens is 382 g/mol. The molecule has 0 saturated heterocycles. The van der Waals surface area contributed by atoms with E-state index in [1.165, 1.54) is 30.6 Å². The third kappa shape index (κ3) is 4.08.